The quantitative estimate of drug-likeness (QED) is 0.813. The van der Waals surface area contributed by atoms with Crippen LogP contribution in [0.5, 0.6) is 0 Å². The van der Waals surface area contributed by atoms with Crippen molar-refractivity contribution in [2.75, 3.05) is 31.2 Å². The van der Waals surface area contributed by atoms with Gasteiger partial charge in [-0.1, -0.05) is 29.8 Å². The number of hydrogen-bond donors (Lipinski definition) is 0. The van der Waals surface area contributed by atoms with Gasteiger partial charge in [-0.05, 0) is 12.1 Å². The molecule has 1 aliphatic heterocycles. The van der Waals surface area contributed by atoms with Gasteiger partial charge in [0.25, 0.3) is 0 Å². The molecule has 5 nitrogen and oxygen atoms in total. The van der Waals surface area contributed by atoms with Crippen LogP contribution in [0.3, 0.4) is 0 Å². The molecular weight excluding hydrogens is 278 g/mol. The van der Waals surface area contributed by atoms with Gasteiger partial charge >= 0.3 is 0 Å². The fourth-order valence-corrected chi connectivity index (χ4v) is 2.51. The Morgan fingerprint density at radius 2 is 1.90 bits per heavy atom. The lowest BCUT2D eigenvalue weighted by molar-refractivity contribution is 0.111. The van der Waals surface area contributed by atoms with Crippen molar-refractivity contribution in [3.63, 3.8) is 0 Å². The first kappa shape index (κ1) is 13.1. The van der Waals surface area contributed by atoms with E-state index >= 15 is 0 Å². The van der Waals surface area contributed by atoms with Gasteiger partial charge in [0, 0.05) is 18.8 Å². The number of hydrogen-bond acceptors (Lipinski definition) is 4. The van der Waals surface area contributed by atoms with Crippen LogP contribution in [0.4, 0.5) is 5.95 Å². The van der Waals surface area contributed by atoms with E-state index in [0.717, 1.165) is 25.1 Å². The van der Waals surface area contributed by atoms with E-state index < -0.39 is 0 Å². The molecule has 0 amide bonds. The third-order valence-corrected chi connectivity index (χ3v) is 3.55. The average Bonchev–Trinajstić information content (AvgIpc) is 2.85. The van der Waals surface area contributed by atoms with Gasteiger partial charge in [0.15, 0.2) is 11.4 Å². The van der Waals surface area contributed by atoms with Crippen molar-refractivity contribution in [3.8, 4) is 5.69 Å². The standard InChI is InChI=1S/C14H14ClN3O2/c15-13-12(10-19)18(11-4-2-1-3-5-11)14(16-13)17-6-8-20-9-7-17/h1-5,10H,6-9H2. The monoisotopic (exact) mass is 291 g/mol. The van der Waals surface area contributed by atoms with Crippen molar-refractivity contribution >= 4 is 23.8 Å². The lowest BCUT2D eigenvalue weighted by Crippen LogP contribution is -2.38. The van der Waals surface area contributed by atoms with Crippen molar-refractivity contribution in [3.05, 3.63) is 41.2 Å². The van der Waals surface area contributed by atoms with Crippen molar-refractivity contribution < 1.29 is 9.53 Å². The molecule has 6 heteroatoms. The number of rotatable bonds is 3. The van der Waals surface area contributed by atoms with Crippen LogP contribution in [0.25, 0.3) is 5.69 Å². The lowest BCUT2D eigenvalue weighted by atomic mass is 10.3. The fourth-order valence-electron chi connectivity index (χ4n) is 2.30. The predicted octanol–water partition coefficient (Wildman–Crippen LogP) is 2.17. The van der Waals surface area contributed by atoms with Crippen LogP contribution in [0.1, 0.15) is 10.5 Å². The largest absolute Gasteiger partial charge is 0.378 e. The molecule has 0 saturated carbocycles. The molecule has 20 heavy (non-hydrogen) atoms. The highest BCUT2D eigenvalue weighted by atomic mass is 35.5. The van der Waals surface area contributed by atoms with Crippen LogP contribution in [-0.4, -0.2) is 42.1 Å². The van der Waals surface area contributed by atoms with E-state index in [2.05, 4.69) is 9.88 Å². The molecule has 1 saturated heterocycles. The lowest BCUT2D eigenvalue weighted by Gasteiger charge is -2.28. The second-order valence-electron chi connectivity index (χ2n) is 4.48. The number of nitrogens with zero attached hydrogens (tertiary/aromatic N) is 3. The number of anilines is 1. The van der Waals surface area contributed by atoms with Gasteiger partial charge in [0.05, 0.1) is 13.2 Å². The molecule has 2 heterocycles. The number of imidazole rings is 1. The molecule has 0 unspecified atom stereocenters. The van der Waals surface area contributed by atoms with Crippen LogP contribution in [0.2, 0.25) is 5.15 Å². The summed E-state index contributed by atoms with van der Waals surface area (Å²) in [5.41, 5.74) is 1.25. The van der Waals surface area contributed by atoms with Crippen LogP contribution >= 0.6 is 11.6 Å². The summed E-state index contributed by atoms with van der Waals surface area (Å²) in [4.78, 5) is 17.8. The first-order chi connectivity index (χ1) is 9.81. The van der Waals surface area contributed by atoms with Crippen molar-refractivity contribution in [1.29, 1.82) is 0 Å². The molecule has 1 aromatic heterocycles. The van der Waals surface area contributed by atoms with E-state index in [4.69, 9.17) is 16.3 Å². The summed E-state index contributed by atoms with van der Waals surface area (Å²) in [6, 6.07) is 9.61. The predicted molar refractivity (Wildman–Crippen MR) is 77.0 cm³/mol. The summed E-state index contributed by atoms with van der Waals surface area (Å²) in [6.45, 7) is 2.77. The zero-order valence-electron chi connectivity index (χ0n) is 10.8. The normalized spacial score (nSPS) is 15.3. The number of halogens is 1. The minimum Gasteiger partial charge on any atom is -0.378 e. The number of para-hydroxylation sites is 1. The van der Waals surface area contributed by atoms with Crippen LogP contribution in [-0.2, 0) is 4.74 Å². The van der Waals surface area contributed by atoms with Gasteiger partial charge in [-0.3, -0.25) is 9.36 Å². The van der Waals surface area contributed by atoms with E-state index in [1.165, 1.54) is 0 Å². The third kappa shape index (κ3) is 2.30. The second kappa shape index (κ2) is 5.64. The molecule has 0 radical (unpaired) electrons. The number of benzene rings is 1. The van der Waals surface area contributed by atoms with Gasteiger partial charge in [0.2, 0.25) is 5.95 Å². The molecule has 1 aromatic carbocycles. The molecule has 0 bridgehead atoms. The number of carbonyl (C=O) groups is 1. The summed E-state index contributed by atoms with van der Waals surface area (Å²) in [6.07, 6.45) is 0.742. The first-order valence-electron chi connectivity index (χ1n) is 6.43. The highest BCUT2D eigenvalue weighted by Gasteiger charge is 2.22. The molecule has 104 valence electrons. The smallest absolute Gasteiger partial charge is 0.212 e. The topological polar surface area (TPSA) is 47.4 Å². The Balaban J connectivity index is 2.12. The zero-order chi connectivity index (χ0) is 13.9. The van der Waals surface area contributed by atoms with Gasteiger partial charge in [-0.2, -0.15) is 4.98 Å². The van der Waals surface area contributed by atoms with E-state index in [-0.39, 0.29) is 5.15 Å². The maximum absolute atomic E-state index is 11.3. The molecule has 1 fully saturated rings. The molecule has 3 rings (SSSR count). The number of ether oxygens (including phenoxy) is 1. The zero-order valence-corrected chi connectivity index (χ0v) is 11.6. The molecule has 0 spiro atoms. The van der Waals surface area contributed by atoms with E-state index in [1.54, 1.807) is 4.57 Å². The van der Waals surface area contributed by atoms with Gasteiger partial charge < -0.3 is 9.64 Å². The summed E-state index contributed by atoms with van der Waals surface area (Å²) < 4.78 is 7.14. The summed E-state index contributed by atoms with van der Waals surface area (Å²) in [7, 11) is 0. The molecule has 1 aliphatic rings. The molecule has 2 aromatic rings. The maximum atomic E-state index is 11.3. The van der Waals surface area contributed by atoms with Gasteiger partial charge in [-0.25, -0.2) is 0 Å². The highest BCUT2D eigenvalue weighted by molar-refractivity contribution is 6.31. The molecule has 0 N–H and O–H groups in total. The third-order valence-electron chi connectivity index (χ3n) is 3.27. The minimum atomic E-state index is 0.227. The Bertz CT molecular complexity index is 606. The second-order valence-corrected chi connectivity index (χ2v) is 4.83. The Morgan fingerprint density at radius 1 is 1.20 bits per heavy atom. The van der Waals surface area contributed by atoms with Crippen LogP contribution in [0.15, 0.2) is 30.3 Å². The van der Waals surface area contributed by atoms with Crippen LogP contribution < -0.4 is 4.90 Å². The minimum absolute atomic E-state index is 0.227. The Hall–Kier alpha value is -1.85. The summed E-state index contributed by atoms with van der Waals surface area (Å²) in [5, 5.41) is 0.227. The van der Waals surface area contributed by atoms with Crippen molar-refractivity contribution in [2.45, 2.75) is 0 Å². The van der Waals surface area contributed by atoms with Crippen LogP contribution in [0, 0.1) is 0 Å². The Labute approximate surface area is 121 Å². The Morgan fingerprint density at radius 3 is 2.55 bits per heavy atom. The number of morpholine rings is 1. The van der Waals surface area contributed by atoms with E-state index in [9.17, 15) is 4.79 Å². The SMILES string of the molecule is O=Cc1c(Cl)nc(N2CCOCC2)n1-c1ccccc1. The first-order valence-corrected chi connectivity index (χ1v) is 6.80. The number of carbonyl (C=O) groups excluding carboxylic acids is 1. The summed E-state index contributed by atoms with van der Waals surface area (Å²) >= 11 is 6.10. The molecule has 0 atom stereocenters. The number of aldehydes is 1. The van der Waals surface area contributed by atoms with Crippen molar-refractivity contribution in [2.24, 2.45) is 0 Å². The van der Waals surface area contributed by atoms with E-state index in [0.29, 0.717) is 24.9 Å². The van der Waals surface area contributed by atoms with E-state index in [1.807, 2.05) is 30.3 Å². The molecule has 0 aliphatic carbocycles. The summed E-state index contributed by atoms with van der Waals surface area (Å²) in [5.74, 6) is 0.687. The van der Waals surface area contributed by atoms with Crippen molar-refractivity contribution in [1.82, 2.24) is 9.55 Å². The number of aromatic nitrogens is 2. The fraction of sp³-hybridized carbons (Fsp3) is 0.286. The average molecular weight is 292 g/mol. The molecular formula is C14H14ClN3O2. The Kier molecular flexibility index (Phi) is 3.71. The van der Waals surface area contributed by atoms with Gasteiger partial charge in [0.1, 0.15) is 5.69 Å². The maximum Gasteiger partial charge on any atom is 0.212 e. The highest BCUT2D eigenvalue weighted by Crippen LogP contribution is 2.27. The van der Waals surface area contributed by atoms with Gasteiger partial charge in [-0.15, -0.1) is 0 Å².